The first-order valence-corrected chi connectivity index (χ1v) is 5.50. The summed E-state index contributed by atoms with van der Waals surface area (Å²) in [7, 11) is 1.31. The fraction of sp³-hybridized carbons (Fsp3) is 0.818. The molecule has 0 aliphatic carbocycles. The number of hydrogen-bond acceptors (Lipinski definition) is 6. The second-order valence-electron chi connectivity index (χ2n) is 4.62. The number of fused-ring (bicyclic) bond motifs is 1. The number of carbonyl (C=O) groups is 2. The Morgan fingerprint density at radius 1 is 1.35 bits per heavy atom. The lowest BCUT2D eigenvalue weighted by molar-refractivity contribution is -0.188. The Balaban J connectivity index is 2.10. The number of esters is 1. The number of rotatable bonds is 3. The summed E-state index contributed by atoms with van der Waals surface area (Å²) < 4.78 is 21.2. The molecule has 0 radical (unpaired) electrons. The fourth-order valence-corrected chi connectivity index (χ4v) is 2.24. The highest BCUT2D eigenvalue weighted by molar-refractivity contribution is 5.70. The molecule has 4 atom stereocenters. The molecule has 0 bridgehead atoms. The summed E-state index contributed by atoms with van der Waals surface area (Å²) in [6.45, 7) is 3.53. The molecule has 0 saturated carbocycles. The Morgan fingerprint density at radius 2 is 2.00 bits per heavy atom. The lowest BCUT2D eigenvalue weighted by Gasteiger charge is -2.22. The molecule has 0 aromatic heterocycles. The van der Waals surface area contributed by atoms with Crippen molar-refractivity contribution in [1.82, 2.24) is 0 Å². The Bertz CT molecular complexity index is 326. The molecule has 0 N–H and O–H groups in total. The maximum Gasteiger partial charge on any atom is 0.308 e. The molecule has 6 heteroatoms. The maximum absolute atomic E-state index is 11.2. The van der Waals surface area contributed by atoms with Crippen molar-refractivity contribution in [2.75, 3.05) is 7.11 Å². The third-order valence-corrected chi connectivity index (χ3v) is 2.92. The van der Waals surface area contributed by atoms with Gasteiger partial charge in [-0.1, -0.05) is 0 Å². The first-order valence-electron chi connectivity index (χ1n) is 5.50. The molecule has 96 valence electrons. The molecule has 2 saturated heterocycles. The zero-order valence-electron chi connectivity index (χ0n) is 10.0. The quantitative estimate of drug-likeness (QED) is 0.515. The number of ether oxygens (including phenoxy) is 4. The Hall–Kier alpha value is -0.980. The van der Waals surface area contributed by atoms with E-state index in [-0.39, 0.29) is 6.42 Å². The van der Waals surface area contributed by atoms with Gasteiger partial charge in [-0.2, -0.15) is 0 Å². The molecule has 0 spiro atoms. The predicted molar refractivity (Wildman–Crippen MR) is 55.2 cm³/mol. The van der Waals surface area contributed by atoms with Crippen LogP contribution in [0.2, 0.25) is 0 Å². The van der Waals surface area contributed by atoms with E-state index in [1.165, 1.54) is 7.11 Å². The van der Waals surface area contributed by atoms with Gasteiger partial charge in [0.2, 0.25) is 0 Å². The van der Waals surface area contributed by atoms with Gasteiger partial charge in [-0.05, 0) is 13.8 Å². The van der Waals surface area contributed by atoms with Gasteiger partial charge >= 0.3 is 5.97 Å². The van der Waals surface area contributed by atoms with Crippen molar-refractivity contribution in [1.29, 1.82) is 0 Å². The molecule has 2 aliphatic rings. The van der Waals surface area contributed by atoms with E-state index in [9.17, 15) is 9.59 Å². The third-order valence-electron chi connectivity index (χ3n) is 2.92. The molecule has 17 heavy (non-hydrogen) atoms. The van der Waals surface area contributed by atoms with E-state index in [4.69, 9.17) is 14.2 Å². The molecule has 2 heterocycles. The standard InChI is InChI=1S/C11H16O6/c1-11(2)16-9-6(4-8(13)14-3)15-7(5-12)10(9)17-11/h5-7,9-10H,4H2,1-3H3/t6-,7+,9+,10-/m1/s1. The van der Waals surface area contributed by atoms with Gasteiger partial charge in [0.05, 0.1) is 19.6 Å². The SMILES string of the molecule is COC(=O)C[C@H]1O[C@@H](C=O)[C@H]2OC(C)(C)O[C@H]21. The molecule has 0 aromatic carbocycles. The molecular weight excluding hydrogens is 228 g/mol. The normalized spacial score (nSPS) is 38.8. The van der Waals surface area contributed by atoms with E-state index in [0.717, 1.165) is 0 Å². The summed E-state index contributed by atoms with van der Waals surface area (Å²) in [4.78, 5) is 22.1. The van der Waals surface area contributed by atoms with Gasteiger partial charge in [0.1, 0.15) is 18.3 Å². The topological polar surface area (TPSA) is 71.1 Å². The van der Waals surface area contributed by atoms with Crippen molar-refractivity contribution in [3.63, 3.8) is 0 Å². The number of aldehydes is 1. The predicted octanol–water partition coefficient (Wildman–Crippen LogP) is 0.0359. The molecule has 2 aliphatic heterocycles. The van der Waals surface area contributed by atoms with Gasteiger partial charge in [-0.3, -0.25) is 4.79 Å². The van der Waals surface area contributed by atoms with Crippen molar-refractivity contribution >= 4 is 12.3 Å². The minimum atomic E-state index is -0.755. The number of methoxy groups -OCH3 is 1. The van der Waals surface area contributed by atoms with Crippen molar-refractivity contribution < 1.29 is 28.5 Å². The van der Waals surface area contributed by atoms with Crippen molar-refractivity contribution in [2.24, 2.45) is 0 Å². The average Bonchev–Trinajstić information content (AvgIpc) is 2.73. The van der Waals surface area contributed by atoms with Crippen LogP contribution in [-0.2, 0) is 28.5 Å². The highest BCUT2D eigenvalue weighted by Crippen LogP contribution is 2.39. The van der Waals surface area contributed by atoms with Crippen LogP contribution in [0.4, 0.5) is 0 Å². The van der Waals surface area contributed by atoms with E-state index in [1.54, 1.807) is 13.8 Å². The van der Waals surface area contributed by atoms with Gasteiger partial charge in [0, 0.05) is 0 Å². The highest BCUT2D eigenvalue weighted by atomic mass is 16.8. The van der Waals surface area contributed by atoms with Crippen LogP contribution in [0, 0.1) is 0 Å². The minimum absolute atomic E-state index is 0.0570. The number of hydrogen-bond donors (Lipinski definition) is 0. The van der Waals surface area contributed by atoms with Crippen LogP contribution in [0.15, 0.2) is 0 Å². The first-order chi connectivity index (χ1) is 7.96. The second-order valence-corrected chi connectivity index (χ2v) is 4.62. The van der Waals surface area contributed by atoms with E-state index < -0.39 is 36.2 Å². The molecule has 2 fully saturated rings. The summed E-state index contributed by atoms with van der Waals surface area (Å²) in [6, 6.07) is 0. The van der Waals surface area contributed by atoms with Gasteiger partial charge in [-0.15, -0.1) is 0 Å². The van der Waals surface area contributed by atoms with Crippen LogP contribution >= 0.6 is 0 Å². The van der Waals surface area contributed by atoms with Gasteiger partial charge in [-0.25, -0.2) is 0 Å². The minimum Gasteiger partial charge on any atom is -0.469 e. The molecule has 6 nitrogen and oxygen atoms in total. The number of carbonyl (C=O) groups excluding carboxylic acids is 2. The lowest BCUT2D eigenvalue weighted by atomic mass is 10.1. The second kappa shape index (κ2) is 4.36. The van der Waals surface area contributed by atoms with Crippen molar-refractivity contribution in [2.45, 2.75) is 50.5 Å². The molecule has 0 amide bonds. The van der Waals surface area contributed by atoms with Crippen LogP contribution in [0.3, 0.4) is 0 Å². The van der Waals surface area contributed by atoms with E-state index >= 15 is 0 Å². The Morgan fingerprint density at radius 3 is 2.59 bits per heavy atom. The monoisotopic (exact) mass is 244 g/mol. The zero-order valence-corrected chi connectivity index (χ0v) is 10.0. The van der Waals surface area contributed by atoms with Crippen LogP contribution in [0.5, 0.6) is 0 Å². The summed E-state index contributed by atoms with van der Waals surface area (Å²) in [5.74, 6) is -1.15. The van der Waals surface area contributed by atoms with E-state index in [1.807, 2.05) is 0 Å². The maximum atomic E-state index is 11.2. The molecule has 0 aromatic rings. The summed E-state index contributed by atoms with van der Waals surface area (Å²) >= 11 is 0. The van der Waals surface area contributed by atoms with Gasteiger partial charge in [0.15, 0.2) is 12.1 Å². The van der Waals surface area contributed by atoms with Crippen molar-refractivity contribution in [3.05, 3.63) is 0 Å². The van der Waals surface area contributed by atoms with Crippen LogP contribution in [-0.4, -0.2) is 49.6 Å². The van der Waals surface area contributed by atoms with Crippen molar-refractivity contribution in [3.8, 4) is 0 Å². The molecule has 2 rings (SSSR count). The summed E-state index contributed by atoms with van der Waals surface area (Å²) in [5, 5.41) is 0. The lowest BCUT2D eigenvalue weighted by Crippen LogP contribution is -2.31. The van der Waals surface area contributed by atoms with Crippen LogP contribution in [0.1, 0.15) is 20.3 Å². The average molecular weight is 244 g/mol. The van der Waals surface area contributed by atoms with E-state index in [2.05, 4.69) is 4.74 Å². The molecular formula is C11H16O6. The zero-order chi connectivity index (χ0) is 12.6. The first kappa shape index (κ1) is 12.5. The summed E-state index contributed by atoms with van der Waals surface area (Å²) in [6.07, 6.45) is -1.29. The Kier molecular flexibility index (Phi) is 3.20. The largest absolute Gasteiger partial charge is 0.469 e. The van der Waals surface area contributed by atoms with Crippen LogP contribution < -0.4 is 0 Å². The van der Waals surface area contributed by atoms with E-state index in [0.29, 0.717) is 6.29 Å². The van der Waals surface area contributed by atoms with Crippen LogP contribution in [0.25, 0.3) is 0 Å². The Labute approximate surface area is 99.2 Å². The highest BCUT2D eigenvalue weighted by Gasteiger charge is 2.55. The molecule has 0 unspecified atom stereocenters. The fourth-order valence-electron chi connectivity index (χ4n) is 2.24. The summed E-state index contributed by atoms with van der Waals surface area (Å²) in [5.41, 5.74) is 0. The smallest absolute Gasteiger partial charge is 0.308 e. The van der Waals surface area contributed by atoms with Gasteiger partial charge < -0.3 is 23.7 Å². The third kappa shape index (κ3) is 2.34. The van der Waals surface area contributed by atoms with Gasteiger partial charge in [0.25, 0.3) is 0 Å².